The molecule has 6 nitrogen and oxygen atoms in total. The van der Waals surface area contributed by atoms with Crippen LogP contribution < -0.4 is 5.73 Å². The van der Waals surface area contributed by atoms with Crippen LogP contribution in [0, 0.1) is 0 Å². The van der Waals surface area contributed by atoms with Crippen LogP contribution in [0.1, 0.15) is 10.5 Å². The molecule has 0 saturated carbocycles. The van der Waals surface area contributed by atoms with Gasteiger partial charge in [0, 0.05) is 7.05 Å². The van der Waals surface area contributed by atoms with E-state index in [-0.39, 0.29) is 0 Å². The predicted molar refractivity (Wildman–Crippen MR) is 54.3 cm³/mol. The summed E-state index contributed by atoms with van der Waals surface area (Å²) in [6.07, 6.45) is 2.99. The third-order valence-corrected chi connectivity index (χ3v) is 2.28. The van der Waals surface area contributed by atoms with Crippen LogP contribution in [-0.2, 0) is 11.8 Å². The third kappa shape index (κ3) is 1.22. The number of hydrogen-bond acceptors (Lipinski definition) is 5. The summed E-state index contributed by atoms with van der Waals surface area (Å²) in [6, 6.07) is 0. The van der Waals surface area contributed by atoms with Crippen LogP contribution in [-0.4, -0.2) is 27.6 Å². The van der Waals surface area contributed by atoms with E-state index in [4.69, 9.17) is 5.73 Å². The highest BCUT2D eigenvalue weighted by atomic mass is 16.5. The number of anilines is 1. The van der Waals surface area contributed by atoms with Gasteiger partial charge in [-0.1, -0.05) is 0 Å². The molecule has 15 heavy (non-hydrogen) atoms. The highest BCUT2D eigenvalue weighted by molar-refractivity contribution is 6.04. The Labute approximate surface area is 85.7 Å². The minimum atomic E-state index is -0.479. The molecule has 78 valence electrons. The summed E-state index contributed by atoms with van der Waals surface area (Å²) in [6.45, 7) is 0. The number of carbonyl (C=O) groups is 1. The Hall–Kier alpha value is -2.11. The summed E-state index contributed by atoms with van der Waals surface area (Å²) in [7, 11) is 3.03. The molecule has 2 heterocycles. The van der Waals surface area contributed by atoms with Crippen molar-refractivity contribution < 1.29 is 9.53 Å². The summed E-state index contributed by atoms with van der Waals surface area (Å²) in [5, 5.41) is 0. The number of hydrogen-bond donors (Lipinski definition) is 1. The zero-order valence-electron chi connectivity index (χ0n) is 8.39. The van der Waals surface area contributed by atoms with Crippen LogP contribution >= 0.6 is 0 Å². The molecule has 0 atom stereocenters. The second-order valence-corrected chi connectivity index (χ2v) is 3.07. The average molecular weight is 206 g/mol. The number of rotatable bonds is 1. The first kappa shape index (κ1) is 9.45. The minimum Gasteiger partial charge on any atom is -0.464 e. The lowest BCUT2D eigenvalue weighted by molar-refractivity contribution is 0.0592. The number of nitrogens with zero attached hydrogens (tertiary/aromatic N) is 3. The summed E-state index contributed by atoms with van der Waals surface area (Å²) >= 11 is 0. The van der Waals surface area contributed by atoms with E-state index in [2.05, 4.69) is 14.7 Å². The molecule has 0 aliphatic rings. The Kier molecular flexibility index (Phi) is 2.03. The zero-order valence-corrected chi connectivity index (χ0v) is 8.39. The first-order chi connectivity index (χ1) is 7.16. The van der Waals surface area contributed by atoms with Crippen LogP contribution in [0.25, 0.3) is 11.0 Å². The lowest BCUT2D eigenvalue weighted by Gasteiger charge is -2.01. The first-order valence-electron chi connectivity index (χ1n) is 4.29. The Morgan fingerprint density at radius 1 is 1.60 bits per heavy atom. The van der Waals surface area contributed by atoms with Crippen LogP contribution in [0.2, 0.25) is 0 Å². The first-order valence-corrected chi connectivity index (χ1v) is 4.29. The maximum atomic E-state index is 11.5. The predicted octanol–water partition coefficient (Wildman–Crippen LogP) is 0.337. The fourth-order valence-electron chi connectivity index (χ4n) is 1.53. The second-order valence-electron chi connectivity index (χ2n) is 3.07. The lowest BCUT2D eigenvalue weighted by atomic mass is 10.3. The molecule has 0 spiro atoms. The largest absolute Gasteiger partial charge is 0.464 e. The normalized spacial score (nSPS) is 10.5. The highest BCUT2D eigenvalue weighted by Crippen LogP contribution is 2.25. The summed E-state index contributed by atoms with van der Waals surface area (Å²) < 4.78 is 6.26. The number of aromatic nitrogens is 3. The number of methoxy groups -OCH3 is 1. The van der Waals surface area contributed by atoms with E-state index in [0.717, 1.165) is 0 Å². The van der Waals surface area contributed by atoms with Gasteiger partial charge >= 0.3 is 5.97 Å². The van der Waals surface area contributed by atoms with Gasteiger partial charge in [-0.2, -0.15) is 0 Å². The van der Waals surface area contributed by atoms with E-state index in [9.17, 15) is 4.79 Å². The van der Waals surface area contributed by atoms with Gasteiger partial charge < -0.3 is 15.0 Å². The van der Waals surface area contributed by atoms with Gasteiger partial charge in [0.05, 0.1) is 24.5 Å². The van der Waals surface area contributed by atoms with Gasteiger partial charge in [0.15, 0.2) is 5.69 Å². The summed E-state index contributed by atoms with van der Waals surface area (Å²) in [5.74, 6) is -0.479. The maximum Gasteiger partial charge on any atom is 0.356 e. The lowest BCUT2D eigenvalue weighted by Crippen LogP contribution is -2.09. The van der Waals surface area contributed by atoms with E-state index in [0.29, 0.717) is 22.4 Å². The van der Waals surface area contributed by atoms with Crippen molar-refractivity contribution in [1.82, 2.24) is 14.5 Å². The number of ether oxygens (including phenoxy) is 1. The molecule has 0 radical (unpaired) electrons. The molecule has 0 saturated heterocycles. The van der Waals surface area contributed by atoms with Gasteiger partial charge in [0.25, 0.3) is 0 Å². The number of nitrogens with two attached hydrogens (primary N) is 1. The van der Waals surface area contributed by atoms with Crippen LogP contribution in [0.15, 0.2) is 12.5 Å². The van der Waals surface area contributed by atoms with Gasteiger partial charge in [0.1, 0.15) is 11.8 Å². The van der Waals surface area contributed by atoms with Crippen molar-refractivity contribution >= 4 is 22.7 Å². The Bertz CT molecular complexity index is 493. The number of carbonyl (C=O) groups excluding carboxylic acids is 1. The molecule has 0 amide bonds. The Morgan fingerprint density at radius 2 is 2.33 bits per heavy atom. The Morgan fingerprint density at radius 3 is 2.93 bits per heavy atom. The van der Waals surface area contributed by atoms with E-state index in [1.165, 1.54) is 13.4 Å². The third-order valence-electron chi connectivity index (χ3n) is 2.28. The number of nitrogen functional groups attached to an aromatic ring is 1. The van der Waals surface area contributed by atoms with Crippen molar-refractivity contribution in [3.8, 4) is 0 Å². The molecule has 2 aromatic heterocycles. The van der Waals surface area contributed by atoms with E-state index < -0.39 is 5.97 Å². The smallest absolute Gasteiger partial charge is 0.356 e. The fourth-order valence-corrected chi connectivity index (χ4v) is 1.53. The van der Waals surface area contributed by atoms with Gasteiger partial charge in [-0.25, -0.2) is 14.8 Å². The average Bonchev–Trinajstić information content (AvgIpc) is 2.52. The van der Waals surface area contributed by atoms with Crippen molar-refractivity contribution in [3.05, 3.63) is 18.2 Å². The zero-order chi connectivity index (χ0) is 11.0. The molecule has 6 heteroatoms. The van der Waals surface area contributed by atoms with Gasteiger partial charge in [-0.05, 0) is 0 Å². The van der Waals surface area contributed by atoms with Crippen molar-refractivity contribution in [2.45, 2.75) is 0 Å². The monoisotopic (exact) mass is 206 g/mol. The van der Waals surface area contributed by atoms with Crippen molar-refractivity contribution in [2.24, 2.45) is 7.05 Å². The van der Waals surface area contributed by atoms with Crippen molar-refractivity contribution in [1.29, 1.82) is 0 Å². The highest BCUT2D eigenvalue weighted by Gasteiger charge is 2.20. The molecule has 2 rings (SSSR count). The number of esters is 1. The van der Waals surface area contributed by atoms with Crippen LogP contribution in [0.3, 0.4) is 0 Å². The maximum absolute atomic E-state index is 11.5. The van der Waals surface area contributed by atoms with Crippen LogP contribution in [0.5, 0.6) is 0 Å². The minimum absolute atomic E-state index is 0.299. The van der Waals surface area contributed by atoms with Crippen molar-refractivity contribution in [3.63, 3.8) is 0 Å². The summed E-state index contributed by atoms with van der Waals surface area (Å²) in [5.41, 5.74) is 7.69. The fraction of sp³-hybridized carbons (Fsp3) is 0.222. The topological polar surface area (TPSA) is 83.0 Å². The molecule has 0 fully saturated rings. The molecular weight excluding hydrogens is 196 g/mol. The molecule has 0 unspecified atom stereocenters. The molecule has 2 N–H and O–H groups in total. The second kappa shape index (κ2) is 3.23. The molecular formula is C9H10N4O2. The van der Waals surface area contributed by atoms with Gasteiger partial charge in [-0.15, -0.1) is 0 Å². The summed E-state index contributed by atoms with van der Waals surface area (Å²) in [4.78, 5) is 19.3. The van der Waals surface area contributed by atoms with E-state index in [1.807, 2.05) is 0 Å². The molecule has 0 aliphatic heterocycles. The molecule has 0 aromatic carbocycles. The number of fused-ring (bicyclic) bond motifs is 1. The van der Waals surface area contributed by atoms with Gasteiger partial charge in [0.2, 0.25) is 0 Å². The van der Waals surface area contributed by atoms with E-state index >= 15 is 0 Å². The molecule has 0 bridgehead atoms. The SMILES string of the molecule is COC(=O)c1c(N)c2ncncc2n1C. The number of aryl methyl sites for hydroxylation is 1. The van der Waals surface area contributed by atoms with Crippen LogP contribution in [0.4, 0.5) is 5.69 Å². The molecule has 0 aliphatic carbocycles. The van der Waals surface area contributed by atoms with Crippen molar-refractivity contribution in [2.75, 3.05) is 12.8 Å². The Balaban J connectivity index is 2.81. The standard InChI is InChI=1S/C9H10N4O2/c1-13-5-3-11-4-12-7(5)6(10)8(13)9(14)15-2/h3-4H,10H2,1-2H3. The quantitative estimate of drug-likeness (QED) is 0.680. The van der Waals surface area contributed by atoms with E-state index in [1.54, 1.807) is 17.8 Å². The molecule has 2 aromatic rings. The van der Waals surface area contributed by atoms with Gasteiger partial charge in [-0.3, -0.25) is 0 Å².